The first kappa shape index (κ1) is 19.0. The predicted octanol–water partition coefficient (Wildman–Crippen LogP) is 3.08. The van der Waals surface area contributed by atoms with Crippen LogP contribution in [0.4, 0.5) is 0 Å². The van der Waals surface area contributed by atoms with Crippen molar-refractivity contribution in [2.45, 2.75) is 31.9 Å². The molecule has 4 heteroatoms. The van der Waals surface area contributed by atoms with E-state index in [4.69, 9.17) is 4.74 Å². The lowest BCUT2D eigenvalue weighted by atomic mass is 10.1. The van der Waals surface area contributed by atoms with Crippen molar-refractivity contribution in [3.8, 4) is 11.5 Å². The van der Waals surface area contributed by atoms with Gasteiger partial charge in [-0.15, -0.1) is 6.58 Å². The van der Waals surface area contributed by atoms with Crippen LogP contribution in [0.3, 0.4) is 0 Å². The minimum Gasteiger partial charge on any atom is -0.508 e. The van der Waals surface area contributed by atoms with Gasteiger partial charge in [-0.3, -0.25) is 0 Å². The van der Waals surface area contributed by atoms with Crippen LogP contribution in [0.1, 0.15) is 18.1 Å². The Morgan fingerprint density at radius 3 is 2.60 bits per heavy atom. The van der Waals surface area contributed by atoms with Crippen LogP contribution in [0, 0.1) is 0 Å². The van der Waals surface area contributed by atoms with Gasteiger partial charge < -0.3 is 20.3 Å². The highest BCUT2D eigenvalue weighted by Gasteiger charge is 2.10. The van der Waals surface area contributed by atoms with Gasteiger partial charge in [0, 0.05) is 12.6 Å². The Morgan fingerprint density at radius 1 is 1.16 bits per heavy atom. The molecule has 0 aliphatic carbocycles. The van der Waals surface area contributed by atoms with Crippen LogP contribution in [0.2, 0.25) is 0 Å². The molecule has 0 amide bonds. The average molecular weight is 341 g/mol. The van der Waals surface area contributed by atoms with E-state index in [1.54, 1.807) is 12.1 Å². The van der Waals surface area contributed by atoms with Crippen molar-refractivity contribution >= 4 is 0 Å². The lowest BCUT2D eigenvalue weighted by Gasteiger charge is -2.18. The summed E-state index contributed by atoms with van der Waals surface area (Å²) in [5, 5.41) is 22.8. The normalized spacial score (nSPS) is 13.2. The Kier molecular flexibility index (Phi) is 7.51. The van der Waals surface area contributed by atoms with Gasteiger partial charge in [0.25, 0.3) is 0 Å². The van der Waals surface area contributed by atoms with Crippen LogP contribution in [0.15, 0.2) is 61.2 Å². The second-order valence-electron chi connectivity index (χ2n) is 6.25. The fraction of sp³-hybridized carbons (Fsp3) is 0.333. The number of ether oxygens (including phenoxy) is 1. The topological polar surface area (TPSA) is 61.7 Å². The first-order chi connectivity index (χ1) is 12.1. The van der Waals surface area contributed by atoms with Crippen molar-refractivity contribution in [1.82, 2.24) is 5.32 Å². The van der Waals surface area contributed by atoms with Gasteiger partial charge in [-0.25, -0.2) is 0 Å². The Labute approximate surface area is 149 Å². The molecule has 134 valence electrons. The minimum absolute atomic E-state index is 0.215. The van der Waals surface area contributed by atoms with E-state index < -0.39 is 6.10 Å². The number of aromatic hydroxyl groups is 1. The monoisotopic (exact) mass is 341 g/mol. The molecular weight excluding hydrogens is 314 g/mol. The summed E-state index contributed by atoms with van der Waals surface area (Å²) < 4.78 is 5.75. The summed E-state index contributed by atoms with van der Waals surface area (Å²) in [5.74, 6) is 1.06. The molecule has 0 spiro atoms. The summed E-state index contributed by atoms with van der Waals surface area (Å²) in [6, 6.07) is 15.2. The average Bonchev–Trinajstić information content (AvgIpc) is 2.61. The molecule has 0 bridgehead atoms. The number of allylic oxidation sites excluding steroid dienone is 1. The minimum atomic E-state index is -0.584. The third kappa shape index (κ3) is 6.61. The van der Waals surface area contributed by atoms with Crippen molar-refractivity contribution in [2.24, 2.45) is 0 Å². The van der Waals surface area contributed by atoms with Crippen molar-refractivity contribution in [3.05, 3.63) is 72.3 Å². The van der Waals surface area contributed by atoms with Crippen LogP contribution in [-0.2, 0) is 12.8 Å². The van der Waals surface area contributed by atoms with Gasteiger partial charge in [0.1, 0.15) is 24.2 Å². The van der Waals surface area contributed by atoms with E-state index in [1.165, 1.54) is 0 Å². The molecule has 25 heavy (non-hydrogen) atoms. The molecule has 3 N–H and O–H groups in total. The molecule has 0 aliphatic rings. The zero-order chi connectivity index (χ0) is 18.1. The molecule has 0 aliphatic heterocycles. The van der Waals surface area contributed by atoms with Crippen LogP contribution in [0.5, 0.6) is 11.5 Å². The molecule has 2 unspecified atom stereocenters. The molecule has 0 saturated heterocycles. The van der Waals surface area contributed by atoms with Crippen molar-refractivity contribution < 1.29 is 14.9 Å². The zero-order valence-electron chi connectivity index (χ0n) is 14.7. The van der Waals surface area contributed by atoms with Crippen molar-refractivity contribution in [3.63, 3.8) is 0 Å². The summed E-state index contributed by atoms with van der Waals surface area (Å²) in [6.07, 6.45) is 2.83. The number of phenolic OH excluding ortho intramolecular Hbond substituents is 1. The fourth-order valence-corrected chi connectivity index (χ4v) is 2.61. The van der Waals surface area contributed by atoms with Gasteiger partial charge in [-0.05, 0) is 49.1 Å². The molecule has 0 saturated carbocycles. The van der Waals surface area contributed by atoms with E-state index in [0.29, 0.717) is 6.54 Å². The van der Waals surface area contributed by atoms with E-state index in [9.17, 15) is 10.2 Å². The van der Waals surface area contributed by atoms with Crippen molar-refractivity contribution in [1.29, 1.82) is 0 Å². The molecule has 4 nitrogen and oxygen atoms in total. The Morgan fingerprint density at radius 2 is 1.88 bits per heavy atom. The molecule has 0 fully saturated rings. The molecule has 0 radical (unpaired) electrons. The number of nitrogens with one attached hydrogen (secondary N) is 1. The van der Waals surface area contributed by atoms with Crippen molar-refractivity contribution in [2.75, 3.05) is 13.2 Å². The Bertz CT molecular complexity index is 654. The van der Waals surface area contributed by atoms with E-state index in [-0.39, 0.29) is 18.4 Å². The first-order valence-corrected chi connectivity index (χ1v) is 8.59. The quantitative estimate of drug-likeness (QED) is 0.581. The first-order valence-electron chi connectivity index (χ1n) is 8.59. The second kappa shape index (κ2) is 9.87. The standard InChI is InChI=1S/C21H27NO3/c1-3-6-18-7-4-5-8-21(18)25-15-20(24)14-22-16(2)13-17-9-11-19(23)12-10-17/h3-5,7-12,16,20,22-24H,1,6,13-15H2,2H3. The molecular formula is C21H27NO3. The predicted molar refractivity (Wildman–Crippen MR) is 101 cm³/mol. The number of aliphatic hydroxyl groups excluding tert-OH is 1. The van der Waals surface area contributed by atoms with E-state index in [0.717, 1.165) is 29.7 Å². The maximum atomic E-state index is 10.1. The van der Waals surface area contributed by atoms with E-state index in [2.05, 4.69) is 18.8 Å². The highest BCUT2D eigenvalue weighted by Crippen LogP contribution is 2.19. The maximum absolute atomic E-state index is 10.1. The summed E-state index contributed by atoms with van der Waals surface area (Å²) in [6.45, 7) is 6.53. The summed E-state index contributed by atoms with van der Waals surface area (Å²) in [7, 11) is 0. The molecule has 2 aromatic carbocycles. The lowest BCUT2D eigenvalue weighted by molar-refractivity contribution is 0.103. The highest BCUT2D eigenvalue weighted by atomic mass is 16.5. The summed E-state index contributed by atoms with van der Waals surface area (Å²) >= 11 is 0. The zero-order valence-corrected chi connectivity index (χ0v) is 14.7. The summed E-state index contributed by atoms with van der Waals surface area (Å²) in [4.78, 5) is 0. The number of hydrogen-bond acceptors (Lipinski definition) is 4. The number of rotatable bonds is 10. The number of hydrogen-bond donors (Lipinski definition) is 3. The number of phenols is 1. The third-order valence-corrected chi connectivity index (χ3v) is 3.95. The van der Waals surface area contributed by atoms with Crippen LogP contribution in [-0.4, -0.2) is 35.5 Å². The van der Waals surface area contributed by atoms with E-state index >= 15 is 0 Å². The number of aliphatic hydroxyl groups is 1. The Hall–Kier alpha value is -2.30. The highest BCUT2D eigenvalue weighted by molar-refractivity contribution is 5.34. The van der Waals surface area contributed by atoms with Gasteiger partial charge in [-0.1, -0.05) is 36.4 Å². The van der Waals surface area contributed by atoms with Gasteiger partial charge in [0.15, 0.2) is 0 Å². The number of benzene rings is 2. The maximum Gasteiger partial charge on any atom is 0.122 e. The Balaban J connectivity index is 1.74. The van der Waals surface area contributed by atoms with Crippen LogP contribution >= 0.6 is 0 Å². The third-order valence-electron chi connectivity index (χ3n) is 3.95. The molecule has 2 atom stereocenters. The van der Waals surface area contributed by atoms with Gasteiger partial charge >= 0.3 is 0 Å². The van der Waals surface area contributed by atoms with Gasteiger partial charge in [0.05, 0.1) is 0 Å². The van der Waals surface area contributed by atoms with Gasteiger partial charge in [-0.2, -0.15) is 0 Å². The second-order valence-corrected chi connectivity index (χ2v) is 6.25. The molecule has 0 heterocycles. The molecule has 0 aromatic heterocycles. The molecule has 2 aromatic rings. The lowest BCUT2D eigenvalue weighted by Crippen LogP contribution is -2.37. The van der Waals surface area contributed by atoms with Crippen LogP contribution < -0.4 is 10.1 Å². The number of para-hydroxylation sites is 1. The smallest absolute Gasteiger partial charge is 0.122 e. The van der Waals surface area contributed by atoms with Crippen LogP contribution in [0.25, 0.3) is 0 Å². The fourth-order valence-electron chi connectivity index (χ4n) is 2.61. The van der Waals surface area contributed by atoms with Gasteiger partial charge in [0.2, 0.25) is 0 Å². The summed E-state index contributed by atoms with van der Waals surface area (Å²) in [5.41, 5.74) is 2.21. The molecule has 2 rings (SSSR count). The van der Waals surface area contributed by atoms with E-state index in [1.807, 2.05) is 42.5 Å². The largest absolute Gasteiger partial charge is 0.508 e. The SMILES string of the molecule is C=CCc1ccccc1OCC(O)CNC(C)Cc1ccc(O)cc1.